The van der Waals surface area contributed by atoms with Crippen molar-refractivity contribution < 1.29 is 4.74 Å². The summed E-state index contributed by atoms with van der Waals surface area (Å²) < 4.78 is 6.12. The number of unbranched alkanes of at least 4 members (excludes halogenated alkanes) is 1. The lowest BCUT2D eigenvalue weighted by Crippen LogP contribution is -2.02. The van der Waals surface area contributed by atoms with Crippen LogP contribution >= 0.6 is 23.5 Å². The van der Waals surface area contributed by atoms with Crippen LogP contribution in [0.15, 0.2) is 64.5 Å². The van der Waals surface area contributed by atoms with E-state index in [4.69, 9.17) is 4.74 Å². The summed E-state index contributed by atoms with van der Waals surface area (Å²) in [4.78, 5) is 6.24. The SMILES string of the molecule is c1ccc2c(c1)CC(c1c[nH]c(CCCCOc3cccc4c3SCCS4)c1)C2. The highest BCUT2D eigenvalue weighted by Gasteiger charge is 2.23. The Labute approximate surface area is 181 Å². The molecule has 0 fully saturated rings. The van der Waals surface area contributed by atoms with Gasteiger partial charge >= 0.3 is 0 Å². The molecule has 150 valence electrons. The minimum Gasteiger partial charge on any atom is -0.492 e. The van der Waals surface area contributed by atoms with Gasteiger partial charge in [0.25, 0.3) is 0 Å². The van der Waals surface area contributed by atoms with Gasteiger partial charge in [-0.1, -0.05) is 30.3 Å². The van der Waals surface area contributed by atoms with Crippen LogP contribution in [0.4, 0.5) is 0 Å². The second-order valence-electron chi connectivity index (χ2n) is 7.92. The van der Waals surface area contributed by atoms with E-state index in [0.29, 0.717) is 5.92 Å². The van der Waals surface area contributed by atoms with Crippen LogP contribution < -0.4 is 4.74 Å². The van der Waals surface area contributed by atoms with Crippen molar-refractivity contribution >= 4 is 23.5 Å². The Morgan fingerprint density at radius 3 is 2.62 bits per heavy atom. The number of hydrogen-bond donors (Lipinski definition) is 1. The van der Waals surface area contributed by atoms with Crippen LogP contribution in [-0.4, -0.2) is 23.1 Å². The van der Waals surface area contributed by atoms with Crippen LogP contribution in [0, 0.1) is 0 Å². The van der Waals surface area contributed by atoms with Crippen molar-refractivity contribution in [1.29, 1.82) is 0 Å². The standard InChI is InChI=1S/C25H27NOS2/c1-2-7-19-15-20(14-18(19)6-1)21-16-22(26-17-21)8-3-4-11-27-23-9-5-10-24-25(23)29-13-12-28-24/h1-2,5-7,9-10,16-17,20,26H,3-4,8,11-15H2. The van der Waals surface area contributed by atoms with Gasteiger partial charge in [-0.15, -0.1) is 23.5 Å². The molecular formula is C25H27NOS2. The van der Waals surface area contributed by atoms with E-state index >= 15 is 0 Å². The quantitative estimate of drug-likeness (QED) is 0.441. The van der Waals surface area contributed by atoms with Crippen molar-refractivity contribution in [2.75, 3.05) is 18.1 Å². The first-order valence-electron chi connectivity index (χ1n) is 10.6. The normalized spacial score (nSPS) is 15.9. The molecule has 0 atom stereocenters. The van der Waals surface area contributed by atoms with Crippen LogP contribution in [0.2, 0.25) is 0 Å². The molecule has 2 nitrogen and oxygen atoms in total. The van der Waals surface area contributed by atoms with Gasteiger partial charge < -0.3 is 9.72 Å². The van der Waals surface area contributed by atoms with Crippen molar-refractivity contribution in [3.63, 3.8) is 0 Å². The zero-order chi connectivity index (χ0) is 19.5. The molecule has 0 unspecified atom stereocenters. The van der Waals surface area contributed by atoms with Crippen LogP contribution in [0.1, 0.15) is 41.1 Å². The lowest BCUT2D eigenvalue weighted by atomic mass is 9.98. The summed E-state index contributed by atoms with van der Waals surface area (Å²) in [6.07, 6.45) is 7.93. The molecule has 5 rings (SSSR count). The fraction of sp³-hybridized carbons (Fsp3) is 0.360. The van der Waals surface area contributed by atoms with Crippen LogP contribution in [0.3, 0.4) is 0 Å². The highest BCUT2D eigenvalue weighted by atomic mass is 32.2. The van der Waals surface area contributed by atoms with Crippen molar-refractivity contribution in [2.45, 2.75) is 47.8 Å². The van der Waals surface area contributed by atoms with E-state index in [-0.39, 0.29) is 0 Å². The van der Waals surface area contributed by atoms with E-state index in [9.17, 15) is 0 Å². The minimum absolute atomic E-state index is 0.639. The molecule has 1 N–H and O–H groups in total. The Morgan fingerprint density at radius 1 is 0.931 bits per heavy atom. The molecule has 0 amide bonds. The van der Waals surface area contributed by atoms with Gasteiger partial charge in [-0.25, -0.2) is 0 Å². The number of ether oxygens (including phenoxy) is 1. The molecule has 1 aliphatic carbocycles. The van der Waals surface area contributed by atoms with Gasteiger partial charge in [0, 0.05) is 28.3 Å². The molecule has 29 heavy (non-hydrogen) atoms. The fourth-order valence-corrected chi connectivity index (χ4v) is 6.73. The van der Waals surface area contributed by atoms with Crippen LogP contribution in [0.5, 0.6) is 5.75 Å². The molecule has 0 saturated carbocycles. The smallest absolute Gasteiger partial charge is 0.133 e. The molecular weight excluding hydrogens is 394 g/mol. The molecule has 4 heteroatoms. The maximum atomic E-state index is 6.12. The number of fused-ring (bicyclic) bond motifs is 2. The van der Waals surface area contributed by atoms with Crippen molar-refractivity contribution in [3.8, 4) is 5.75 Å². The second kappa shape index (κ2) is 8.93. The Hall–Kier alpha value is -1.78. The highest BCUT2D eigenvalue weighted by Crippen LogP contribution is 2.42. The Kier molecular flexibility index (Phi) is 5.91. The third-order valence-corrected chi connectivity index (χ3v) is 8.48. The number of thioether (sulfide) groups is 2. The number of aryl methyl sites for hydroxylation is 1. The predicted octanol–water partition coefficient (Wildman–Crippen LogP) is 6.50. The van der Waals surface area contributed by atoms with Gasteiger partial charge in [0.05, 0.1) is 11.5 Å². The lowest BCUT2D eigenvalue weighted by molar-refractivity contribution is 0.298. The zero-order valence-corrected chi connectivity index (χ0v) is 18.3. The number of aromatic amines is 1. The third kappa shape index (κ3) is 4.39. The molecule has 0 saturated heterocycles. The van der Waals surface area contributed by atoms with Gasteiger partial charge in [0.15, 0.2) is 0 Å². The molecule has 0 radical (unpaired) electrons. The van der Waals surface area contributed by atoms with E-state index in [0.717, 1.165) is 31.6 Å². The fourth-order valence-electron chi connectivity index (χ4n) is 4.40. The number of benzene rings is 2. The summed E-state index contributed by atoms with van der Waals surface area (Å²) in [5.41, 5.74) is 5.88. The molecule has 2 aromatic carbocycles. The topological polar surface area (TPSA) is 25.0 Å². The van der Waals surface area contributed by atoms with Gasteiger partial charge in [0.1, 0.15) is 5.75 Å². The third-order valence-electron chi connectivity index (χ3n) is 5.92. The molecule has 0 bridgehead atoms. The van der Waals surface area contributed by atoms with Crippen LogP contribution in [-0.2, 0) is 19.3 Å². The average Bonchev–Trinajstić information content (AvgIpc) is 3.40. The van der Waals surface area contributed by atoms with E-state index in [1.54, 1.807) is 0 Å². The lowest BCUT2D eigenvalue weighted by Gasteiger charge is -2.18. The summed E-state index contributed by atoms with van der Waals surface area (Å²) in [6, 6.07) is 17.7. The maximum Gasteiger partial charge on any atom is 0.133 e. The predicted molar refractivity (Wildman–Crippen MR) is 124 cm³/mol. The van der Waals surface area contributed by atoms with Gasteiger partial charge in [-0.05, 0) is 72.9 Å². The zero-order valence-electron chi connectivity index (χ0n) is 16.7. The number of nitrogens with one attached hydrogen (secondary N) is 1. The van der Waals surface area contributed by atoms with E-state index in [2.05, 4.69) is 59.7 Å². The van der Waals surface area contributed by atoms with Gasteiger partial charge in [-0.2, -0.15) is 0 Å². The van der Waals surface area contributed by atoms with Crippen LogP contribution in [0.25, 0.3) is 0 Å². The number of rotatable bonds is 7. The molecule has 3 aromatic rings. The second-order valence-corrected chi connectivity index (χ2v) is 10.2. The number of aromatic nitrogens is 1. The Morgan fingerprint density at radius 2 is 1.76 bits per heavy atom. The molecule has 1 aliphatic heterocycles. The Balaban J connectivity index is 1.09. The molecule has 2 aliphatic rings. The largest absolute Gasteiger partial charge is 0.492 e. The first-order valence-corrected chi connectivity index (χ1v) is 12.6. The van der Waals surface area contributed by atoms with E-state index in [1.807, 2.05) is 23.5 Å². The van der Waals surface area contributed by atoms with Crippen molar-refractivity contribution in [3.05, 3.63) is 77.1 Å². The summed E-state index contributed by atoms with van der Waals surface area (Å²) in [5, 5.41) is 0. The first kappa shape index (κ1) is 19.2. The Bertz CT molecular complexity index is 955. The minimum atomic E-state index is 0.639. The molecule has 2 heterocycles. The summed E-state index contributed by atoms with van der Waals surface area (Å²) in [5.74, 6) is 4.09. The monoisotopic (exact) mass is 421 g/mol. The molecule has 1 aromatic heterocycles. The first-order chi connectivity index (χ1) is 14.4. The highest BCUT2D eigenvalue weighted by molar-refractivity contribution is 8.05. The number of hydrogen-bond acceptors (Lipinski definition) is 3. The van der Waals surface area contributed by atoms with E-state index in [1.165, 1.54) is 56.5 Å². The van der Waals surface area contributed by atoms with E-state index < -0.39 is 0 Å². The number of H-pyrrole nitrogens is 1. The summed E-state index contributed by atoms with van der Waals surface area (Å²) in [7, 11) is 0. The summed E-state index contributed by atoms with van der Waals surface area (Å²) in [6.45, 7) is 0.799. The van der Waals surface area contributed by atoms with Gasteiger partial charge in [0.2, 0.25) is 0 Å². The maximum absolute atomic E-state index is 6.12. The average molecular weight is 422 g/mol. The van der Waals surface area contributed by atoms with Crippen molar-refractivity contribution in [1.82, 2.24) is 4.98 Å². The summed E-state index contributed by atoms with van der Waals surface area (Å²) >= 11 is 3.88. The van der Waals surface area contributed by atoms with Crippen molar-refractivity contribution in [2.24, 2.45) is 0 Å². The molecule has 0 spiro atoms. The van der Waals surface area contributed by atoms with Gasteiger partial charge in [-0.3, -0.25) is 0 Å².